The Morgan fingerprint density at radius 2 is 1.84 bits per heavy atom. The topological polar surface area (TPSA) is 43.8 Å². The van der Waals surface area contributed by atoms with E-state index in [0.717, 1.165) is 25.8 Å². The van der Waals surface area contributed by atoms with Gasteiger partial charge in [0, 0.05) is 25.0 Å². The van der Waals surface area contributed by atoms with Gasteiger partial charge in [0.1, 0.15) is 0 Å². The minimum absolute atomic E-state index is 0.195. The molecule has 0 radical (unpaired) electrons. The summed E-state index contributed by atoms with van der Waals surface area (Å²) in [5.74, 6) is 0.503. The largest absolute Gasteiger partial charge is 0.391 e. The van der Waals surface area contributed by atoms with Gasteiger partial charge in [-0.15, -0.1) is 0 Å². The number of carbonyl (C=O) groups excluding carboxylic acids is 1. The quantitative estimate of drug-likeness (QED) is 0.789. The summed E-state index contributed by atoms with van der Waals surface area (Å²) in [6.07, 6.45) is 7.40. The van der Waals surface area contributed by atoms with Crippen LogP contribution in [-0.2, 0) is 4.79 Å². The van der Waals surface area contributed by atoms with E-state index in [1.54, 1.807) is 0 Å². The van der Waals surface area contributed by atoms with Crippen molar-refractivity contribution in [1.82, 2.24) is 9.80 Å². The second-order valence-electron chi connectivity index (χ2n) is 6.48. The Hall–Kier alpha value is -0.610. The molecule has 2 unspecified atom stereocenters. The molecule has 0 bridgehead atoms. The number of likely N-dealkylation sites (tertiary alicyclic amines) is 1. The van der Waals surface area contributed by atoms with Crippen LogP contribution in [0, 0.1) is 5.92 Å². The predicted molar refractivity (Wildman–Crippen MR) is 75.9 cm³/mol. The van der Waals surface area contributed by atoms with Crippen molar-refractivity contribution >= 4 is 5.91 Å². The van der Waals surface area contributed by atoms with Gasteiger partial charge in [-0.2, -0.15) is 0 Å². The van der Waals surface area contributed by atoms with E-state index in [9.17, 15) is 9.90 Å². The Morgan fingerprint density at radius 1 is 1.21 bits per heavy atom. The van der Waals surface area contributed by atoms with Gasteiger partial charge in [0.15, 0.2) is 0 Å². The van der Waals surface area contributed by atoms with Crippen molar-refractivity contribution in [2.24, 2.45) is 5.92 Å². The highest BCUT2D eigenvalue weighted by Crippen LogP contribution is 2.28. The van der Waals surface area contributed by atoms with Crippen LogP contribution in [0.1, 0.15) is 44.9 Å². The molecule has 1 aliphatic carbocycles. The van der Waals surface area contributed by atoms with Crippen LogP contribution >= 0.6 is 0 Å². The van der Waals surface area contributed by atoms with Gasteiger partial charge >= 0.3 is 0 Å². The first-order valence-corrected chi connectivity index (χ1v) is 7.71. The van der Waals surface area contributed by atoms with E-state index >= 15 is 0 Å². The second-order valence-corrected chi connectivity index (χ2v) is 6.48. The van der Waals surface area contributed by atoms with Gasteiger partial charge in [-0.25, -0.2) is 0 Å². The fourth-order valence-electron chi connectivity index (χ4n) is 3.52. The number of hydrogen-bond acceptors (Lipinski definition) is 3. The summed E-state index contributed by atoms with van der Waals surface area (Å²) in [5, 5.41) is 9.87. The third-order valence-electron chi connectivity index (χ3n) is 4.46. The molecule has 2 atom stereocenters. The summed E-state index contributed by atoms with van der Waals surface area (Å²) in [5.41, 5.74) is 0. The number of nitrogens with zero attached hydrogens (tertiary/aromatic N) is 2. The number of rotatable bonds is 3. The molecule has 1 amide bonds. The molecule has 4 heteroatoms. The lowest BCUT2D eigenvalue weighted by atomic mass is 9.98. The van der Waals surface area contributed by atoms with Crippen molar-refractivity contribution in [3.63, 3.8) is 0 Å². The molecule has 0 aromatic rings. The zero-order valence-corrected chi connectivity index (χ0v) is 12.3. The standard InChI is InChI=1S/C15H28N2O2/c1-16(2)10-13-9-14(18)11-17(13)15(19)12-7-5-3-4-6-8-12/h12-14,18H,3-11H2,1-2H3. The van der Waals surface area contributed by atoms with Gasteiger partial charge in [0.05, 0.1) is 6.10 Å². The summed E-state index contributed by atoms with van der Waals surface area (Å²) in [6.45, 7) is 1.39. The van der Waals surface area contributed by atoms with Gasteiger partial charge in [-0.1, -0.05) is 25.7 Å². The van der Waals surface area contributed by atoms with Crippen molar-refractivity contribution in [3.05, 3.63) is 0 Å². The van der Waals surface area contributed by atoms with Gasteiger partial charge in [-0.05, 0) is 33.4 Å². The minimum atomic E-state index is -0.334. The molecule has 1 heterocycles. The molecule has 110 valence electrons. The Kier molecular flexibility index (Phi) is 5.22. The van der Waals surface area contributed by atoms with Crippen LogP contribution in [0.15, 0.2) is 0 Å². The van der Waals surface area contributed by atoms with E-state index in [4.69, 9.17) is 0 Å². The maximum absolute atomic E-state index is 12.7. The van der Waals surface area contributed by atoms with Crippen LogP contribution in [-0.4, -0.2) is 60.1 Å². The van der Waals surface area contributed by atoms with E-state index in [2.05, 4.69) is 4.90 Å². The van der Waals surface area contributed by atoms with Crippen molar-refractivity contribution < 1.29 is 9.90 Å². The fraction of sp³-hybridized carbons (Fsp3) is 0.933. The zero-order valence-electron chi connectivity index (χ0n) is 12.3. The first-order valence-electron chi connectivity index (χ1n) is 7.71. The summed E-state index contributed by atoms with van der Waals surface area (Å²) in [7, 11) is 4.05. The summed E-state index contributed by atoms with van der Waals surface area (Å²) < 4.78 is 0. The zero-order chi connectivity index (χ0) is 13.8. The first-order chi connectivity index (χ1) is 9.08. The van der Waals surface area contributed by atoms with Crippen LogP contribution < -0.4 is 0 Å². The number of aliphatic hydroxyl groups excluding tert-OH is 1. The lowest BCUT2D eigenvalue weighted by molar-refractivity contribution is -0.137. The molecule has 2 aliphatic rings. The Labute approximate surface area is 116 Å². The van der Waals surface area contributed by atoms with Crippen LogP contribution in [0.4, 0.5) is 0 Å². The molecule has 4 nitrogen and oxygen atoms in total. The minimum Gasteiger partial charge on any atom is -0.391 e. The lowest BCUT2D eigenvalue weighted by Crippen LogP contribution is -2.44. The summed E-state index contributed by atoms with van der Waals surface area (Å²) in [6, 6.07) is 0.195. The van der Waals surface area contributed by atoms with E-state index < -0.39 is 0 Å². The predicted octanol–water partition coefficient (Wildman–Crippen LogP) is 1.48. The highest BCUT2D eigenvalue weighted by molar-refractivity contribution is 5.79. The highest BCUT2D eigenvalue weighted by atomic mass is 16.3. The molecule has 1 aliphatic heterocycles. The Bertz CT molecular complexity index is 299. The third kappa shape index (κ3) is 3.93. The SMILES string of the molecule is CN(C)CC1CC(O)CN1C(=O)C1CCCCCC1. The molecule has 0 aromatic carbocycles. The second kappa shape index (κ2) is 6.71. The van der Waals surface area contributed by atoms with Gasteiger partial charge < -0.3 is 14.9 Å². The molecule has 1 saturated heterocycles. The summed E-state index contributed by atoms with van der Waals surface area (Å²) in [4.78, 5) is 16.8. The van der Waals surface area contributed by atoms with Crippen LogP contribution in [0.2, 0.25) is 0 Å². The van der Waals surface area contributed by atoms with Crippen LogP contribution in [0.3, 0.4) is 0 Å². The number of β-amino-alcohol motifs (C(OH)–C–C–N with tert-alkyl or cyclic N) is 1. The maximum atomic E-state index is 12.7. The molecule has 0 aromatic heterocycles. The van der Waals surface area contributed by atoms with Gasteiger partial charge in [-0.3, -0.25) is 4.79 Å². The molecular formula is C15H28N2O2. The van der Waals surface area contributed by atoms with Crippen molar-refractivity contribution in [1.29, 1.82) is 0 Å². The van der Waals surface area contributed by atoms with E-state index in [-0.39, 0.29) is 18.1 Å². The molecule has 0 spiro atoms. The normalized spacial score (nSPS) is 29.8. The number of hydrogen-bond donors (Lipinski definition) is 1. The van der Waals surface area contributed by atoms with Gasteiger partial charge in [0.25, 0.3) is 0 Å². The average Bonchev–Trinajstić information content (AvgIpc) is 2.57. The van der Waals surface area contributed by atoms with Gasteiger partial charge in [0.2, 0.25) is 5.91 Å². The van der Waals surface area contributed by atoms with E-state index in [1.165, 1.54) is 25.7 Å². The first kappa shape index (κ1) is 14.8. The molecule has 1 N–H and O–H groups in total. The van der Waals surface area contributed by atoms with Crippen molar-refractivity contribution in [2.75, 3.05) is 27.2 Å². The number of aliphatic hydroxyl groups is 1. The van der Waals surface area contributed by atoms with E-state index in [1.807, 2.05) is 19.0 Å². The lowest BCUT2D eigenvalue weighted by Gasteiger charge is -2.30. The van der Waals surface area contributed by atoms with Crippen molar-refractivity contribution in [3.8, 4) is 0 Å². The van der Waals surface area contributed by atoms with E-state index in [0.29, 0.717) is 12.5 Å². The summed E-state index contributed by atoms with van der Waals surface area (Å²) >= 11 is 0. The molecule has 1 saturated carbocycles. The smallest absolute Gasteiger partial charge is 0.226 e. The fourth-order valence-corrected chi connectivity index (χ4v) is 3.52. The molecular weight excluding hydrogens is 240 g/mol. The number of carbonyl (C=O) groups is 1. The third-order valence-corrected chi connectivity index (χ3v) is 4.46. The van der Waals surface area contributed by atoms with Crippen molar-refractivity contribution in [2.45, 2.75) is 57.1 Å². The number of amides is 1. The maximum Gasteiger partial charge on any atom is 0.226 e. The highest BCUT2D eigenvalue weighted by Gasteiger charge is 2.37. The molecule has 2 rings (SSSR count). The monoisotopic (exact) mass is 268 g/mol. The molecule has 2 fully saturated rings. The number of likely N-dealkylation sites (N-methyl/N-ethyl adjacent to an activating group) is 1. The Morgan fingerprint density at radius 3 is 2.42 bits per heavy atom. The Balaban J connectivity index is 1.98. The average molecular weight is 268 g/mol. The molecule has 19 heavy (non-hydrogen) atoms. The van der Waals surface area contributed by atoms with Crippen LogP contribution in [0.25, 0.3) is 0 Å². The van der Waals surface area contributed by atoms with Crippen LogP contribution in [0.5, 0.6) is 0 Å².